The van der Waals surface area contributed by atoms with E-state index in [1.54, 1.807) is 0 Å². The SMILES string of the molecule is CCCCCCCCCc1ccccc1OC(C)OCC.OP(O)(O)=S.OP(O)(O)=S. The zero-order valence-corrected chi connectivity index (χ0v) is 21.9. The highest BCUT2D eigenvalue weighted by Gasteiger charge is 2.07. The zero-order chi connectivity index (χ0) is 24.3. The highest BCUT2D eigenvalue weighted by Crippen LogP contribution is 2.27. The summed E-state index contributed by atoms with van der Waals surface area (Å²) in [6, 6.07) is 8.34. The molecule has 1 unspecified atom stereocenters. The molecule has 0 bridgehead atoms. The van der Waals surface area contributed by atoms with E-state index in [-0.39, 0.29) is 6.29 Å². The fourth-order valence-electron chi connectivity index (χ4n) is 2.55. The standard InChI is InChI=1S/C19H32O2.2H3O3PS/c1-4-6-7-8-9-10-11-14-18-15-12-13-16-19(18)21-17(3)20-5-2;2*1-4(2,3)5/h12-13,15-17H,4-11,14H2,1-3H3;2*(H3,1,2,3,5). The van der Waals surface area contributed by atoms with Crippen molar-refractivity contribution in [2.45, 2.75) is 78.4 Å². The van der Waals surface area contributed by atoms with Crippen molar-refractivity contribution in [1.29, 1.82) is 0 Å². The Morgan fingerprint density at radius 3 is 1.74 bits per heavy atom. The summed E-state index contributed by atoms with van der Waals surface area (Å²) in [7, 11) is 0. The molecule has 0 amide bonds. The van der Waals surface area contributed by atoms with Gasteiger partial charge in [-0.3, -0.25) is 0 Å². The van der Waals surface area contributed by atoms with E-state index in [1.807, 2.05) is 26.0 Å². The number of ether oxygens (including phenoxy) is 2. The molecule has 0 saturated heterocycles. The summed E-state index contributed by atoms with van der Waals surface area (Å²) in [5.41, 5.74) is 1.30. The van der Waals surface area contributed by atoms with Crippen LogP contribution >= 0.6 is 13.4 Å². The Kier molecular flexibility index (Phi) is 20.9. The number of hydrogen-bond acceptors (Lipinski definition) is 4. The van der Waals surface area contributed by atoms with Crippen molar-refractivity contribution >= 4 is 37.1 Å². The van der Waals surface area contributed by atoms with Gasteiger partial charge in [0.05, 0.1) is 0 Å². The molecule has 1 atom stereocenters. The quantitative estimate of drug-likeness (QED) is 0.135. The molecular formula is C19H38O8P2S2. The minimum absolute atomic E-state index is 0.176. The zero-order valence-electron chi connectivity index (χ0n) is 18.5. The normalized spacial score (nSPS) is 12.2. The minimum Gasteiger partial charge on any atom is -0.465 e. The Morgan fingerprint density at radius 2 is 1.26 bits per heavy atom. The summed E-state index contributed by atoms with van der Waals surface area (Å²) < 4.78 is 11.3. The lowest BCUT2D eigenvalue weighted by Gasteiger charge is -2.17. The molecule has 1 rings (SSSR count). The van der Waals surface area contributed by atoms with Crippen LogP contribution in [0.2, 0.25) is 0 Å². The molecule has 1 aromatic rings. The summed E-state index contributed by atoms with van der Waals surface area (Å²) in [4.78, 5) is 45.3. The number of aryl methyl sites for hydroxylation is 1. The molecule has 31 heavy (non-hydrogen) atoms. The van der Waals surface area contributed by atoms with Crippen LogP contribution in [0.4, 0.5) is 0 Å². The number of benzene rings is 1. The van der Waals surface area contributed by atoms with Crippen molar-refractivity contribution in [1.82, 2.24) is 0 Å². The van der Waals surface area contributed by atoms with E-state index in [2.05, 4.69) is 42.7 Å². The van der Waals surface area contributed by atoms with Gasteiger partial charge >= 0.3 is 13.4 Å². The van der Waals surface area contributed by atoms with Crippen LogP contribution in [-0.4, -0.2) is 42.3 Å². The van der Waals surface area contributed by atoms with Crippen molar-refractivity contribution in [2.75, 3.05) is 6.61 Å². The van der Waals surface area contributed by atoms with Crippen LogP contribution in [0.25, 0.3) is 0 Å². The van der Waals surface area contributed by atoms with Gasteiger partial charge in [0.15, 0.2) is 6.29 Å². The lowest BCUT2D eigenvalue weighted by Crippen LogP contribution is -2.16. The van der Waals surface area contributed by atoms with Gasteiger partial charge < -0.3 is 38.8 Å². The van der Waals surface area contributed by atoms with Crippen molar-refractivity contribution in [3.05, 3.63) is 29.8 Å². The lowest BCUT2D eigenvalue weighted by atomic mass is 10.0. The summed E-state index contributed by atoms with van der Waals surface area (Å²) in [6.45, 7) is -0.723. The van der Waals surface area contributed by atoms with Crippen molar-refractivity contribution in [3.8, 4) is 5.75 Å². The maximum Gasteiger partial charge on any atom is 0.319 e. The predicted octanol–water partition coefficient (Wildman–Crippen LogP) is 4.12. The number of unbranched alkanes of at least 4 members (excludes halogenated alkanes) is 6. The first kappa shape index (κ1) is 33.2. The molecule has 0 aliphatic rings. The topological polar surface area (TPSA) is 140 Å². The van der Waals surface area contributed by atoms with E-state index in [9.17, 15) is 0 Å². The van der Waals surface area contributed by atoms with Gasteiger partial charge in [-0.25, -0.2) is 0 Å². The van der Waals surface area contributed by atoms with Gasteiger partial charge in [0.2, 0.25) is 0 Å². The van der Waals surface area contributed by atoms with E-state index in [4.69, 9.17) is 38.8 Å². The Bertz CT molecular complexity index is 615. The van der Waals surface area contributed by atoms with Crippen LogP contribution in [0.1, 0.15) is 71.3 Å². The fraction of sp³-hybridized carbons (Fsp3) is 0.684. The summed E-state index contributed by atoms with van der Waals surface area (Å²) >= 11 is 7.21. The average molecular weight is 521 g/mol. The number of hydrogen-bond donors (Lipinski definition) is 6. The molecule has 184 valence electrons. The largest absolute Gasteiger partial charge is 0.465 e. The summed E-state index contributed by atoms with van der Waals surface area (Å²) in [5, 5.41) is 0. The van der Waals surface area contributed by atoms with Crippen molar-refractivity contribution in [2.24, 2.45) is 0 Å². The smallest absolute Gasteiger partial charge is 0.319 e. The lowest BCUT2D eigenvalue weighted by molar-refractivity contribution is -0.0618. The number of para-hydroxylation sites is 1. The second-order valence-electron chi connectivity index (χ2n) is 6.65. The molecule has 12 heteroatoms. The predicted molar refractivity (Wildman–Crippen MR) is 132 cm³/mol. The molecule has 0 aliphatic carbocycles. The van der Waals surface area contributed by atoms with E-state index >= 15 is 0 Å². The molecule has 0 aliphatic heterocycles. The molecule has 6 N–H and O–H groups in total. The second kappa shape index (κ2) is 19.5. The third-order valence-corrected chi connectivity index (χ3v) is 3.72. The van der Waals surface area contributed by atoms with Crippen LogP contribution < -0.4 is 4.74 Å². The molecule has 0 aromatic heterocycles. The third-order valence-electron chi connectivity index (χ3n) is 3.72. The minimum atomic E-state index is -3.81. The van der Waals surface area contributed by atoms with E-state index in [0.717, 1.165) is 12.2 Å². The Morgan fingerprint density at radius 1 is 0.806 bits per heavy atom. The molecule has 1 aromatic carbocycles. The molecule has 0 spiro atoms. The van der Waals surface area contributed by atoms with E-state index < -0.39 is 13.4 Å². The molecule has 0 heterocycles. The van der Waals surface area contributed by atoms with Gasteiger partial charge in [0.25, 0.3) is 0 Å². The monoisotopic (exact) mass is 520 g/mol. The Labute approximate surface area is 196 Å². The maximum atomic E-state index is 7.56. The molecule has 0 fully saturated rings. The summed E-state index contributed by atoms with van der Waals surface area (Å²) in [5.74, 6) is 0.976. The van der Waals surface area contributed by atoms with Crippen molar-refractivity contribution < 1.29 is 38.8 Å². The fourth-order valence-corrected chi connectivity index (χ4v) is 2.55. The van der Waals surface area contributed by atoms with Crippen LogP contribution in [0.5, 0.6) is 5.75 Å². The van der Waals surface area contributed by atoms with Gasteiger partial charge in [0, 0.05) is 6.61 Å². The van der Waals surface area contributed by atoms with Gasteiger partial charge in [-0.2, -0.15) is 0 Å². The van der Waals surface area contributed by atoms with Gasteiger partial charge in [0.1, 0.15) is 5.75 Å². The van der Waals surface area contributed by atoms with Gasteiger partial charge in [-0.05, 0) is 61.9 Å². The van der Waals surface area contributed by atoms with Crippen LogP contribution in [0, 0.1) is 0 Å². The van der Waals surface area contributed by atoms with E-state index in [0.29, 0.717) is 6.61 Å². The van der Waals surface area contributed by atoms with Crippen LogP contribution in [0.15, 0.2) is 24.3 Å². The molecule has 8 nitrogen and oxygen atoms in total. The Hall–Kier alpha value is 0.0400. The Balaban J connectivity index is 0. The first-order valence-electron chi connectivity index (χ1n) is 10.2. The van der Waals surface area contributed by atoms with Gasteiger partial charge in [-0.15, -0.1) is 0 Å². The van der Waals surface area contributed by atoms with Crippen molar-refractivity contribution in [3.63, 3.8) is 0 Å². The molecule has 0 saturated carbocycles. The first-order chi connectivity index (χ1) is 14.3. The second-order valence-corrected chi connectivity index (χ2v) is 11.6. The van der Waals surface area contributed by atoms with Gasteiger partial charge in [-0.1, -0.05) is 63.6 Å². The van der Waals surface area contributed by atoms with Crippen LogP contribution in [-0.2, 0) is 34.8 Å². The third kappa shape index (κ3) is 32.3. The van der Waals surface area contributed by atoms with E-state index in [1.165, 1.54) is 50.5 Å². The molecule has 0 radical (unpaired) electrons. The average Bonchev–Trinajstić information content (AvgIpc) is 2.59. The first-order valence-corrected chi connectivity index (χ1v) is 15.5. The highest BCUT2D eigenvalue weighted by atomic mass is 32.5. The highest BCUT2D eigenvalue weighted by molar-refractivity contribution is 8.06. The number of rotatable bonds is 12. The summed E-state index contributed by atoms with van der Waals surface area (Å²) in [6.07, 6.45) is 10.3. The maximum absolute atomic E-state index is 7.56. The van der Waals surface area contributed by atoms with Crippen LogP contribution in [0.3, 0.4) is 0 Å². The molecular weight excluding hydrogens is 482 g/mol.